The standard InChI is InChI=1S/C63H121N2O7P/c1-7-10-13-16-19-22-25-27-28-29-30-31-32-33-34-35-36-38-41-43-46-49-52-55-62(66)64-60(59-71-73(68,69)70-58-57-65(4,5)6)61(54-51-48-45-42-40-37-26-23-20-17-14-11-8-2)72-63(67)56-53-50-47-44-39-24-21-18-15-12-9-3/h18,21,27-28,51,54,60-61H,7-17,19-20,22-26,29-50,52-53,55-59H2,1-6H3,(H-,64,66,68,69)/b21-18-,28-27+,54-51+. The third-order valence-corrected chi connectivity index (χ3v) is 15.0. The van der Waals surface area contributed by atoms with Crippen LogP contribution >= 0.6 is 7.82 Å². The van der Waals surface area contributed by atoms with Gasteiger partial charge in [-0.15, -0.1) is 0 Å². The number of nitrogens with zero attached hydrogens (tertiary/aromatic N) is 1. The Hall–Kier alpha value is -1.77. The molecule has 0 rings (SSSR count). The Labute approximate surface area is 453 Å². The third-order valence-electron chi connectivity index (χ3n) is 14.0. The highest BCUT2D eigenvalue weighted by atomic mass is 31.2. The van der Waals surface area contributed by atoms with Crippen LogP contribution in [-0.2, 0) is 27.9 Å². The van der Waals surface area contributed by atoms with Crippen LogP contribution in [-0.4, -0.2) is 69.4 Å². The molecule has 0 saturated heterocycles. The van der Waals surface area contributed by atoms with Gasteiger partial charge in [0, 0.05) is 12.8 Å². The number of unbranched alkanes of at least 4 members (excludes halogenated alkanes) is 37. The number of hydrogen-bond acceptors (Lipinski definition) is 7. The molecule has 73 heavy (non-hydrogen) atoms. The number of phosphoric ester groups is 1. The fourth-order valence-corrected chi connectivity index (χ4v) is 9.87. The Kier molecular flexibility index (Phi) is 52.3. The van der Waals surface area contributed by atoms with Crippen molar-refractivity contribution in [2.75, 3.05) is 40.9 Å². The van der Waals surface area contributed by atoms with Crippen molar-refractivity contribution in [2.45, 2.75) is 315 Å². The molecule has 0 aliphatic carbocycles. The van der Waals surface area contributed by atoms with Gasteiger partial charge in [-0.2, -0.15) is 0 Å². The summed E-state index contributed by atoms with van der Waals surface area (Å²) < 4.78 is 30.3. The maximum Gasteiger partial charge on any atom is 0.306 e. The lowest BCUT2D eigenvalue weighted by Crippen LogP contribution is -2.47. The number of allylic oxidation sites excluding steroid dienone is 5. The smallest absolute Gasteiger partial charge is 0.306 e. The molecule has 1 amide bonds. The van der Waals surface area contributed by atoms with Crippen LogP contribution in [0.3, 0.4) is 0 Å². The van der Waals surface area contributed by atoms with Crippen LogP contribution in [0.25, 0.3) is 0 Å². The molecular formula is C63H121N2O7P. The van der Waals surface area contributed by atoms with Gasteiger partial charge in [0.15, 0.2) is 0 Å². The van der Waals surface area contributed by atoms with E-state index in [0.717, 1.165) is 83.5 Å². The van der Waals surface area contributed by atoms with Gasteiger partial charge in [0.05, 0.1) is 33.8 Å². The molecule has 430 valence electrons. The number of carbonyl (C=O) groups excluding carboxylic acids is 2. The van der Waals surface area contributed by atoms with Crippen LogP contribution in [0.5, 0.6) is 0 Å². The van der Waals surface area contributed by atoms with Crippen LogP contribution < -0.4 is 10.2 Å². The molecule has 0 aromatic heterocycles. The molecule has 10 heteroatoms. The van der Waals surface area contributed by atoms with Crippen molar-refractivity contribution in [3.05, 3.63) is 36.5 Å². The Bertz CT molecular complexity index is 1350. The van der Waals surface area contributed by atoms with Crippen molar-refractivity contribution in [3.8, 4) is 0 Å². The quantitative estimate of drug-likeness (QED) is 0.0212. The average Bonchev–Trinajstić information content (AvgIpc) is 3.35. The van der Waals surface area contributed by atoms with Crippen molar-refractivity contribution >= 4 is 19.7 Å². The summed E-state index contributed by atoms with van der Waals surface area (Å²) in [6.45, 7) is 6.82. The Morgan fingerprint density at radius 1 is 0.466 bits per heavy atom. The lowest BCUT2D eigenvalue weighted by molar-refractivity contribution is -0.870. The highest BCUT2D eigenvalue weighted by Crippen LogP contribution is 2.38. The monoisotopic (exact) mass is 1050 g/mol. The Morgan fingerprint density at radius 2 is 0.808 bits per heavy atom. The highest BCUT2D eigenvalue weighted by Gasteiger charge is 2.27. The van der Waals surface area contributed by atoms with E-state index in [2.05, 4.69) is 50.4 Å². The zero-order valence-electron chi connectivity index (χ0n) is 49.1. The van der Waals surface area contributed by atoms with Crippen molar-refractivity contribution in [1.29, 1.82) is 0 Å². The van der Waals surface area contributed by atoms with E-state index in [0.29, 0.717) is 17.4 Å². The van der Waals surface area contributed by atoms with Gasteiger partial charge in [0.2, 0.25) is 5.91 Å². The number of ether oxygens (including phenoxy) is 1. The molecule has 0 radical (unpaired) electrons. The van der Waals surface area contributed by atoms with Crippen LogP contribution in [0.4, 0.5) is 0 Å². The summed E-state index contributed by atoms with van der Waals surface area (Å²) in [5.41, 5.74) is 0. The van der Waals surface area contributed by atoms with Crippen LogP contribution in [0.2, 0.25) is 0 Å². The van der Waals surface area contributed by atoms with Crippen LogP contribution in [0.15, 0.2) is 36.5 Å². The van der Waals surface area contributed by atoms with Crippen LogP contribution in [0.1, 0.15) is 303 Å². The molecule has 0 bridgehead atoms. The fraction of sp³-hybridized carbons (Fsp3) is 0.873. The van der Waals surface area contributed by atoms with Gasteiger partial charge in [-0.1, -0.05) is 250 Å². The Morgan fingerprint density at radius 3 is 1.21 bits per heavy atom. The average molecular weight is 1050 g/mol. The van der Waals surface area contributed by atoms with Gasteiger partial charge in [-0.3, -0.25) is 14.2 Å². The lowest BCUT2D eigenvalue weighted by Gasteiger charge is -2.30. The lowest BCUT2D eigenvalue weighted by atomic mass is 10.0. The number of rotatable bonds is 57. The second-order valence-electron chi connectivity index (χ2n) is 22.6. The first-order chi connectivity index (χ1) is 35.4. The van der Waals surface area contributed by atoms with E-state index in [1.807, 2.05) is 33.3 Å². The van der Waals surface area contributed by atoms with Crippen molar-refractivity contribution in [3.63, 3.8) is 0 Å². The SMILES string of the molecule is CCCC/C=C\CCCCCCCC(=O)OC(/C=C/CCCCCCCCCCCCC)C(COP(=O)([O-])OCC[N+](C)(C)C)NC(=O)CCCCCCCCCCCCCCC/C=C/CCCCCCCC. The molecule has 0 heterocycles. The van der Waals surface area contributed by atoms with E-state index in [-0.39, 0.29) is 31.5 Å². The number of quaternary nitrogens is 1. The molecule has 0 aromatic carbocycles. The molecule has 9 nitrogen and oxygen atoms in total. The predicted octanol–water partition coefficient (Wildman–Crippen LogP) is 18.5. The Balaban J connectivity index is 5.12. The van der Waals surface area contributed by atoms with Crippen molar-refractivity contribution < 1.29 is 37.3 Å². The maximum absolute atomic E-state index is 13.5. The zero-order chi connectivity index (χ0) is 53.6. The van der Waals surface area contributed by atoms with E-state index in [4.69, 9.17) is 13.8 Å². The first-order valence-corrected chi connectivity index (χ1v) is 32.8. The first kappa shape index (κ1) is 71.2. The molecule has 3 atom stereocenters. The summed E-state index contributed by atoms with van der Waals surface area (Å²) in [7, 11) is 1.19. The molecule has 3 unspecified atom stereocenters. The number of likely N-dealkylation sites (N-methyl/N-ethyl adjacent to an activating group) is 1. The van der Waals surface area contributed by atoms with E-state index in [9.17, 15) is 19.0 Å². The maximum atomic E-state index is 13.5. The molecule has 0 saturated carbocycles. The first-order valence-electron chi connectivity index (χ1n) is 31.3. The summed E-state index contributed by atoms with van der Waals surface area (Å²) in [6.07, 6.45) is 64.0. The number of amides is 1. The minimum Gasteiger partial charge on any atom is -0.756 e. The van der Waals surface area contributed by atoms with Crippen molar-refractivity contribution in [2.24, 2.45) is 0 Å². The summed E-state index contributed by atoms with van der Waals surface area (Å²) in [6, 6.07) is -0.888. The van der Waals surface area contributed by atoms with Gasteiger partial charge in [-0.25, -0.2) is 0 Å². The second-order valence-corrected chi connectivity index (χ2v) is 24.0. The van der Waals surface area contributed by atoms with Crippen LogP contribution in [0, 0.1) is 0 Å². The minimum absolute atomic E-state index is 0.0217. The summed E-state index contributed by atoms with van der Waals surface area (Å²) in [5, 5.41) is 3.03. The van der Waals surface area contributed by atoms with E-state index in [1.165, 1.54) is 186 Å². The molecular weight excluding hydrogens is 928 g/mol. The summed E-state index contributed by atoms with van der Waals surface area (Å²) >= 11 is 0. The molecule has 0 aliphatic heterocycles. The number of hydrogen-bond donors (Lipinski definition) is 1. The van der Waals surface area contributed by atoms with E-state index in [1.54, 1.807) is 0 Å². The number of esters is 1. The molecule has 1 N–H and O–H groups in total. The molecule has 0 aliphatic rings. The van der Waals surface area contributed by atoms with Gasteiger partial charge >= 0.3 is 5.97 Å². The largest absolute Gasteiger partial charge is 0.756 e. The molecule has 0 aromatic rings. The third kappa shape index (κ3) is 54.8. The zero-order valence-corrected chi connectivity index (χ0v) is 50.0. The second kappa shape index (κ2) is 53.6. The number of phosphoric acid groups is 1. The minimum atomic E-state index is -4.69. The number of carbonyl (C=O) groups is 2. The summed E-state index contributed by atoms with van der Waals surface area (Å²) in [5.74, 6) is -0.542. The topological polar surface area (TPSA) is 114 Å². The molecule has 0 spiro atoms. The van der Waals surface area contributed by atoms with E-state index >= 15 is 0 Å². The fourth-order valence-electron chi connectivity index (χ4n) is 9.15. The van der Waals surface area contributed by atoms with Gasteiger partial charge in [0.25, 0.3) is 7.82 Å². The summed E-state index contributed by atoms with van der Waals surface area (Å²) in [4.78, 5) is 39.9. The highest BCUT2D eigenvalue weighted by molar-refractivity contribution is 7.45. The normalized spacial score (nSPS) is 13.9. The van der Waals surface area contributed by atoms with Gasteiger partial charge in [-0.05, 0) is 76.7 Å². The predicted molar refractivity (Wildman–Crippen MR) is 312 cm³/mol. The van der Waals surface area contributed by atoms with Gasteiger partial charge in [0.1, 0.15) is 19.3 Å². The van der Waals surface area contributed by atoms with Gasteiger partial charge < -0.3 is 28.5 Å². The molecule has 0 fully saturated rings. The van der Waals surface area contributed by atoms with Crippen molar-refractivity contribution in [1.82, 2.24) is 5.32 Å². The number of nitrogens with one attached hydrogen (secondary N) is 1. The van der Waals surface area contributed by atoms with E-state index < -0.39 is 20.0 Å².